The van der Waals surface area contributed by atoms with Crippen molar-refractivity contribution >= 4 is 229 Å². The van der Waals surface area contributed by atoms with Gasteiger partial charge in [-0.25, -0.2) is 19.2 Å². The molecule has 0 aliphatic carbocycles. The van der Waals surface area contributed by atoms with Gasteiger partial charge < -0.3 is 46.3 Å². The molecule has 0 fully saturated rings. The monoisotopic (exact) mass is 474 g/mol. The molecule has 10 N–H and O–H groups in total. The van der Waals surface area contributed by atoms with Crippen LogP contribution in [0.1, 0.15) is 0 Å². The van der Waals surface area contributed by atoms with Gasteiger partial charge in [-0.3, -0.25) is 0 Å². The average Bonchev–Trinajstić information content (AvgIpc) is 2.35. The van der Waals surface area contributed by atoms with Crippen LogP contribution >= 0.6 is 0 Å². The van der Waals surface area contributed by atoms with E-state index in [-0.39, 0.29) is 211 Å². The van der Waals surface area contributed by atoms with Crippen LogP contribution in [-0.4, -0.2) is 300 Å². The SMILES string of the molecule is O.O=C(O)[C@H](O)[C@@H](O)C(=O)O.O=C(O)[C@H](O)[C@@H](O)C(=O)O.[K].[K].[K].[K]. The summed E-state index contributed by atoms with van der Waals surface area (Å²) in [5.41, 5.74) is 0. The molecule has 0 spiro atoms. The fourth-order valence-electron chi connectivity index (χ4n) is 0.540. The zero-order valence-electron chi connectivity index (χ0n) is 14.0. The van der Waals surface area contributed by atoms with Gasteiger partial charge in [0.25, 0.3) is 0 Å². The van der Waals surface area contributed by atoms with Gasteiger partial charge in [-0.1, -0.05) is 0 Å². The van der Waals surface area contributed by atoms with Crippen molar-refractivity contribution in [1.29, 1.82) is 0 Å². The Labute approximate surface area is 310 Å². The number of rotatable bonds is 6. The van der Waals surface area contributed by atoms with Crippen LogP contribution in [0.25, 0.3) is 0 Å². The van der Waals surface area contributed by atoms with E-state index >= 15 is 0 Å². The number of aliphatic hydroxyl groups is 4. The summed E-state index contributed by atoms with van der Waals surface area (Å²) < 4.78 is 0. The van der Waals surface area contributed by atoms with Crippen LogP contribution in [0.15, 0.2) is 0 Å². The molecule has 0 amide bonds. The van der Waals surface area contributed by atoms with Crippen molar-refractivity contribution in [2.24, 2.45) is 0 Å². The molecule has 4 radical (unpaired) electrons. The largest absolute Gasteiger partial charge is 0.479 e. The summed E-state index contributed by atoms with van der Waals surface area (Å²) in [6.07, 6.45) is -9.06. The second-order valence-electron chi connectivity index (χ2n) is 3.13. The van der Waals surface area contributed by atoms with E-state index in [0.717, 1.165) is 0 Å². The first kappa shape index (κ1) is 47.1. The molecule has 0 unspecified atom stereocenters. The molecule has 25 heavy (non-hydrogen) atoms. The quantitative estimate of drug-likeness (QED) is 0.167. The van der Waals surface area contributed by atoms with Gasteiger partial charge >= 0.3 is 23.9 Å². The Morgan fingerprint density at radius 3 is 0.560 bits per heavy atom. The summed E-state index contributed by atoms with van der Waals surface area (Å²) in [6.45, 7) is 0. The molecule has 0 aromatic carbocycles. The van der Waals surface area contributed by atoms with Gasteiger partial charge in [0.15, 0.2) is 24.4 Å². The molecule has 0 aliphatic heterocycles. The molecule has 0 rings (SSSR count). The van der Waals surface area contributed by atoms with E-state index in [1.807, 2.05) is 0 Å². The minimum absolute atomic E-state index is 0. The summed E-state index contributed by atoms with van der Waals surface area (Å²) in [6, 6.07) is 0. The van der Waals surface area contributed by atoms with Crippen molar-refractivity contribution in [3.63, 3.8) is 0 Å². The third kappa shape index (κ3) is 24.4. The Balaban J connectivity index is -0.0000000432. The van der Waals surface area contributed by atoms with Crippen molar-refractivity contribution in [3.05, 3.63) is 0 Å². The molecular weight excluding hydrogens is 460 g/mol. The fraction of sp³-hybridized carbons (Fsp3) is 0.500. The fourth-order valence-corrected chi connectivity index (χ4v) is 0.540. The Morgan fingerprint density at radius 2 is 0.520 bits per heavy atom. The predicted octanol–water partition coefficient (Wildman–Crippen LogP) is -6.59. The van der Waals surface area contributed by atoms with Gasteiger partial charge in [0.05, 0.1) is 0 Å². The molecule has 0 saturated carbocycles. The number of carboxylic acids is 4. The van der Waals surface area contributed by atoms with E-state index in [1.165, 1.54) is 0 Å². The third-order valence-corrected chi connectivity index (χ3v) is 1.61. The minimum Gasteiger partial charge on any atom is -0.479 e. The molecule has 13 nitrogen and oxygen atoms in total. The van der Waals surface area contributed by atoms with Crippen molar-refractivity contribution in [3.8, 4) is 0 Å². The van der Waals surface area contributed by atoms with Crippen molar-refractivity contribution in [2.75, 3.05) is 0 Å². The summed E-state index contributed by atoms with van der Waals surface area (Å²) in [4.78, 5) is 39.1. The van der Waals surface area contributed by atoms with Crippen LogP contribution in [0.4, 0.5) is 0 Å². The number of aliphatic hydroxyl groups excluding tert-OH is 4. The van der Waals surface area contributed by atoms with Crippen LogP contribution in [0, 0.1) is 0 Å². The molecule has 0 aromatic heterocycles. The smallest absolute Gasteiger partial charge is 0.335 e. The van der Waals surface area contributed by atoms with Crippen LogP contribution in [0.3, 0.4) is 0 Å². The molecule has 0 aliphatic rings. The van der Waals surface area contributed by atoms with Crippen molar-refractivity contribution in [1.82, 2.24) is 0 Å². The van der Waals surface area contributed by atoms with Crippen LogP contribution in [0.5, 0.6) is 0 Å². The number of aliphatic carboxylic acids is 4. The summed E-state index contributed by atoms with van der Waals surface area (Å²) in [5.74, 6) is -7.07. The standard InChI is InChI=1S/2C4H6O6.4K.H2O/c2*5-1(3(7)8)2(6)4(9)10;;;;;/h2*1-2,5-6H,(H,7,8)(H,9,10);;;;;1H2/t2*1-,2-;;;;;/m11...../s1. The molecule has 0 aromatic rings. The van der Waals surface area contributed by atoms with Gasteiger partial charge in [0, 0.05) is 206 Å². The molecule has 0 saturated heterocycles. The first-order valence-electron chi connectivity index (χ1n) is 4.57. The number of hydrogen-bond donors (Lipinski definition) is 8. The Hall–Kier alpha value is 4.23. The van der Waals surface area contributed by atoms with E-state index in [1.54, 1.807) is 0 Å². The zero-order chi connectivity index (χ0) is 16.6. The maximum Gasteiger partial charge on any atom is 0.335 e. The van der Waals surface area contributed by atoms with Gasteiger partial charge in [0.1, 0.15) is 0 Å². The van der Waals surface area contributed by atoms with E-state index in [0.29, 0.717) is 0 Å². The Bertz CT molecular complexity index is 320. The van der Waals surface area contributed by atoms with Crippen molar-refractivity contribution < 1.29 is 65.5 Å². The van der Waals surface area contributed by atoms with Crippen LogP contribution in [-0.2, 0) is 19.2 Å². The number of carboxylic acid groups (broad SMARTS) is 4. The number of carbonyl (C=O) groups is 4. The molecule has 4 atom stereocenters. The Morgan fingerprint density at radius 1 is 0.440 bits per heavy atom. The molecular formula is C8H14K4O13. The zero-order valence-corrected chi connectivity index (χ0v) is 26.5. The van der Waals surface area contributed by atoms with Crippen LogP contribution < -0.4 is 0 Å². The molecule has 0 heterocycles. The number of hydrogen-bond acceptors (Lipinski definition) is 8. The summed E-state index contributed by atoms with van der Waals surface area (Å²) in [7, 11) is 0. The second-order valence-corrected chi connectivity index (χ2v) is 3.13. The minimum atomic E-state index is -2.27. The average molecular weight is 475 g/mol. The first-order valence-corrected chi connectivity index (χ1v) is 4.57. The molecule has 17 heteroatoms. The topological polar surface area (TPSA) is 262 Å². The predicted molar refractivity (Wildman–Crippen MR) is 81.2 cm³/mol. The maximum absolute atomic E-state index is 9.77. The summed E-state index contributed by atoms with van der Waals surface area (Å²) >= 11 is 0. The third-order valence-electron chi connectivity index (χ3n) is 1.61. The van der Waals surface area contributed by atoms with E-state index in [4.69, 9.17) is 40.9 Å². The van der Waals surface area contributed by atoms with E-state index in [2.05, 4.69) is 0 Å². The van der Waals surface area contributed by atoms with E-state index in [9.17, 15) is 19.2 Å². The Kier molecular flexibility index (Phi) is 49.5. The molecule has 128 valence electrons. The van der Waals surface area contributed by atoms with Gasteiger partial charge in [-0.15, -0.1) is 0 Å². The summed E-state index contributed by atoms with van der Waals surface area (Å²) in [5, 5.41) is 65.1. The van der Waals surface area contributed by atoms with Gasteiger partial charge in [-0.2, -0.15) is 0 Å². The second kappa shape index (κ2) is 26.3. The maximum atomic E-state index is 9.77. The van der Waals surface area contributed by atoms with E-state index < -0.39 is 48.3 Å². The molecule has 0 bridgehead atoms. The van der Waals surface area contributed by atoms with Crippen molar-refractivity contribution in [2.45, 2.75) is 24.4 Å². The first-order chi connectivity index (χ1) is 8.93. The van der Waals surface area contributed by atoms with Crippen LogP contribution in [0.2, 0.25) is 0 Å². The van der Waals surface area contributed by atoms with Gasteiger partial charge in [-0.05, 0) is 0 Å². The van der Waals surface area contributed by atoms with Gasteiger partial charge in [0.2, 0.25) is 0 Å². The normalized spacial score (nSPS) is 12.6.